The Bertz CT molecular complexity index is 136. The van der Waals surface area contributed by atoms with Crippen molar-refractivity contribution >= 4 is 0 Å². The van der Waals surface area contributed by atoms with Crippen LogP contribution in [0.2, 0.25) is 0 Å². The average Bonchev–Trinajstić information content (AvgIpc) is 2.53. The molecule has 0 aromatic carbocycles. The molecule has 0 aromatic rings. The molecule has 0 spiro atoms. The summed E-state index contributed by atoms with van der Waals surface area (Å²) in [7, 11) is 0. The van der Waals surface area contributed by atoms with E-state index in [-0.39, 0.29) is 0 Å². The Morgan fingerprint density at radius 3 is 2.27 bits per heavy atom. The molecule has 1 saturated carbocycles. The van der Waals surface area contributed by atoms with Gasteiger partial charge in [-0.2, -0.15) is 0 Å². The molecule has 0 heterocycles. The molecule has 1 fully saturated rings. The minimum Gasteiger partial charge on any atom is -0.316 e. The summed E-state index contributed by atoms with van der Waals surface area (Å²) in [5.74, 6) is 1.96. The van der Waals surface area contributed by atoms with Crippen molar-refractivity contribution in [2.75, 3.05) is 13.1 Å². The van der Waals surface area contributed by atoms with Crippen molar-refractivity contribution in [3.05, 3.63) is 0 Å². The molecule has 1 unspecified atom stereocenters. The van der Waals surface area contributed by atoms with Gasteiger partial charge < -0.3 is 5.32 Å². The Hall–Kier alpha value is -0.0400. The van der Waals surface area contributed by atoms with Gasteiger partial charge in [-0.05, 0) is 31.3 Å². The molecule has 0 aliphatic heterocycles. The maximum absolute atomic E-state index is 3.60. The van der Waals surface area contributed by atoms with E-state index < -0.39 is 0 Å². The molecular weight excluding hydrogens is 182 g/mol. The molecule has 0 saturated heterocycles. The van der Waals surface area contributed by atoms with E-state index in [1.54, 1.807) is 0 Å². The summed E-state index contributed by atoms with van der Waals surface area (Å²) in [6, 6.07) is 0. The maximum Gasteiger partial charge on any atom is -0.00180 e. The third-order valence-corrected chi connectivity index (χ3v) is 3.92. The van der Waals surface area contributed by atoms with Crippen molar-refractivity contribution in [2.24, 2.45) is 11.8 Å². The lowest BCUT2D eigenvalue weighted by atomic mass is 9.84. The van der Waals surface area contributed by atoms with Crippen LogP contribution in [0.3, 0.4) is 0 Å². The summed E-state index contributed by atoms with van der Waals surface area (Å²) in [4.78, 5) is 0. The second-order valence-electron chi connectivity index (χ2n) is 5.12. The van der Waals surface area contributed by atoms with Gasteiger partial charge in [-0.25, -0.2) is 0 Å². The fourth-order valence-electron chi connectivity index (χ4n) is 2.89. The minimum absolute atomic E-state index is 0.939. The highest BCUT2D eigenvalue weighted by molar-refractivity contribution is 4.73. The van der Waals surface area contributed by atoms with Gasteiger partial charge in [-0.3, -0.25) is 0 Å². The molecule has 0 radical (unpaired) electrons. The zero-order chi connectivity index (χ0) is 10.9. The van der Waals surface area contributed by atoms with Crippen molar-refractivity contribution in [3.63, 3.8) is 0 Å². The molecule has 1 heteroatoms. The largest absolute Gasteiger partial charge is 0.316 e. The fourth-order valence-corrected chi connectivity index (χ4v) is 2.89. The number of hydrogen-bond donors (Lipinski definition) is 1. The highest BCUT2D eigenvalue weighted by Gasteiger charge is 2.20. The van der Waals surface area contributed by atoms with E-state index >= 15 is 0 Å². The van der Waals surface area contributed by atoms with Gasteiger partial charge in [-0.15, -0.1) is 0 Å². The molecule has 90 valence electrons. The van der Waals surface area contributed by atoms with E-state index in [1.165, 1.54) is 64.5 Å². The van der Waals surface area contributed by atoms with Gasteiger partial charge in [0.25, 0.3) is 0 Å². The molecule has 1 nitrogen and oxygen atoms in total. The second-order valence-corrected chi connectivity index (χ2v) is 5.12. The van der Waals surface area contributed by atoms with Crippen molar-refractivity contribution in [2.45, 2.75) is 65.2 Å². The Labute approximate surface area is 96.0 Å². The summed E-state index contributed by atoms with van der Waals surface area (Å²) in [5.41, 5.74) is 0. The Morgan fingerprint density at radius 1 is 1.07 bits per heavy atom. The van der Waals surface area contributed by atoms with E-state index in [4.69, 9.17) is 0 Å². The van der Waals surface area contributed by atoms with Gasteiger partial charge in [0.05, 0.1) is 0 Å². The first-order chi connectivity index (χ1) is 7.38. The number of hydrogen-bond acceptors (Lipinski definition) is 1. The van der Waals surface area contributed by atoms with Crippen LogP contribution in [0.15, 0.2) is 0 Å². The van der Waals surface area contributed by atoms with Crippen LogP contribution in [0.5, 0.6) is 0 Å². The number of rotatable bonds is 6. The first kappa shape index (κ1) is 13.0. The van der Waals surface area contributed by atoms with E-state index in [0.717, 1.165) is 11.8 Å². The van der Waals surface area contributed by atoms with Crippen LogP contribution in [-0.2, 0) is 0 Å². The van der Waals surface area contributed by atoms with Gasteiger partial charge in [0.15, 0.2) is 0 Å². The van der Waals surface area contributed by atoms with Crippen LogP contribution in [-0.4, -0.2) is 13.1 Å². The number of nitrogens with one attached hydrogen (secondary N) is 1. The third-order valence-electron chi connectivity index (χ3n) is 3.92. The predicted octanol–water partition coefficient (Wildman–Crippen LogP) is 3.98. The van der Waals surface area contributed by atoms with Gasteiger partial charge in [0.1, 0.15) is 0 Å². The first-order valence-electron chi connectivity index (χ1n) is 7.09. The van der Waals surface area contributed by atoms with E-state index in [9.17, 15) is 0 Å². The Morgan fingerprint density at radius 2 is 1.73 bits per heavy atom. The zero-order valence-corrected chi connectivity index (χ0v) is 10.7. The van der Waals surface area contributed by atoms with Gasteiger partial charge in [0.2, 0.25) is 0 Å². The molecule has 1 atom stereocenters. The summed E-state index contributed by atoms with van der Waals surface area (Å²) >= 11 is 0. The molecule has 15 heavy (non-hydrogen) atoms. The SMILES string of the molecule is CCCNCC(CC)C1CCCCCC1. The molecule has 1 rings (SSSR count). The van der Waals surface area contributed by atoms with Crippen molar-refractivity contribution in [1.29, 1.82) is 0 Å². The third kappa shape index (κ3) is 5.01. The minimum atomic E-state index is 0.939. The molecule has 1 N–H and O–H groups in total. The first-order valence-corrected chi connectivity index (χ1v) is 7.09. The van der Waals surface area contributed by atoms with Gasteiger partial charge in [-0.1, -0.05) is 58.8 Å². The normalized spacial score (nSPS) is 21.2. The van der Waals surface area contributed by atoms with E-state index in [0.29, 0.717) is 0 Å². The van der Waals surface area contributed by atoms with Crippen LogP contribution < -0.4 is 5.32 Å². The monoisotopic (exact) mass is 211 g/mol. The Balaban J connectivity index is 2.27. The standard InChI is InChI=1S/C14H29N/c1-3-11-15-12-13(4-2)14-9-7-5-6-8-10-14/h13-15H,3-12H2,1-2H3. The zero-order valence-electron chi connectivity index (χ0n) is 10.7. The van der Waals surface area contributed by atoms with Crippen LogP contribution in [0.4, 0.5) is 0 Å². The van der Waals surface area contributed by atoms with Gasteiger partial charge >= 0.3 is 0 Å². The summed E-state index contributed by atoms with van der Waals surface area (Å²) in [6.45, 7) is 7.07. The highest BCUT2D eigenvalue weighted by Crippen LogP contribution is 2.30. The summed E-state index contributed by atoms with van der Waals surface area (Å²) < 4.78 is 0. The summed E-state index contributed by atoms with van der Waals surface area (Å²) in [6.07, 6.45) is 11.5. The molecule has 0 aromatic heterocycles. The predicted molar refractivity (Wildman–Crippen MR) is 68.1 cm³/mol. The van der Waals surface area contributed by atoms with Crippen LogP contribution in [0.1, 0.15) is 65.2 Å². The van der Waals surface area contributed by atoms with Crippen molar-refractivity contribution in [1.82, 2.24) is 5.32 Å². The smallest absolute Gasteiger partial charge is 0.00180 e. The van der Waals surface area contributed by atoms with Crippen LogP contribution in [0, 0.1) is 11.8 Å². The average molecular weight is 211 g/mol. The lowest BCUT2D eigenvalue weighted by Gasteiger charge is -2.25. The van der Waals surface area contributed by atoms with E-state index in [2.05, 4.69) is 19.2 Å². The second kappa shape index (κ2) is 8.15. The summed E-state index contributed by atoms with van der Waals surface area (Å²) in [5, 5.41) is 3.60. The van der Waals surface area contributed by atoms with E-state index in [1.807, 2.05) is 0 Å². The van der Waals surface area contributed by atoms with Crippen molar-refractivity contribution < 1.29 is 0 Å². The lowest BCUT2D eigenvalue weighted by Crippen LogP contribution is -2.28. The topological polar surface area (TPSA) is 12.0 Å². The maximum atomic E-state index is 3.60. The Kier molecular flexibility index (Phi) is 7.08. The molecular formula is C14H29N. The lowest BCUT2D eigenvalue weighted by molar-refractivity contribution is 0.279. The molecule has 1 aliphatic carbocycles. The highest BCUT2D eigenvalue weighted by atomic mass is 14.9. The quantitative estimate of drug-likeness (QED) is 0.517. The van der Waals surface area contributed by atoms with Crippen LogP contribution >= 0.6 is 0 Å². The van der Waals surface area contributed by atoms with Gasteiger partial charge in [0, 0.05) is 0 Å². The molecule has 0 amide bonds. The molecule has 1 aliphatic rings. The van der Waals surface area contributed by atoms with Crippen LogP contribution in [0.25, 0.3) is 0 Å². The fraction of sp³-hybridized carbons (Fsp3) is 1.00. The van der Waals surface area contributed by atoms with Crippen molar-refractivity contribution in [3.8, 4) is 0 Å². The molecule has 0 bridgehead atoms.